The van der Waals surface area contributed by atoms with Crippen molar-refractivity contribution >= 4 is 28.4 Å². The van der Waals surface area contributed by atoms with Crippen LogP contribution in [-0.4, -0.2) is 16.5 Å². The molecule has 2 rings (SSSR count). The SMILES string of the molecule is CCCNc1nc(C(C)CC)nc(C2CCCC2)c1I. The van der Waals surface area contributed by atoms with Gasteiger partial charge in [-0.25, -0.2) is 9.97 Å². The van der Waals surface area contributed by atoms with Crippen molar-refractivity contribution in [3.05, 3.63) is 15.1 Å². The number of rotatable bonds is 6. The molecule has 0 saturated heterocycles. The highest BCUT2D eigenvalue weighted by Gasteiger charge is 2.24. The fourth-order valence-corrected chi connectivity index (χ4v) is 3.59. The van der Waals surface area contributed by atoms with E-state index in [9.17, 15) is 0 Å². The van der Waals surface area contributed by atoms with Gasteiger partial charge in [0.1, 0.15) is 11.6 Å². The molecule has 1 aromatic heterocycles. The standard InChI is InChI=1S/C16H26IN3/c1-4-10-18-16-13(17)14(12-8-6-7-9-12)19-15(20-16)11(3)5-2/h11-12H,4-10H2,1-3H3,(H,18,19,20). The van der Waals surface area contributed by atoms with Crippen LogP contribution < -0.4 is 5.32 Å². The zero-order valence-corrected chi connectivity index (χ0v) is 15.0. The summed E-state index contributed by atoms with van der Waals surface area (Å²) in [6.45, 7) is 7.61. The Morgan fingerprint density at radius 2 is 1.95 bits per heavy atom. The van der Waals surface area contributed by atoms with Crippen molar-refractivity contribution in [1.29, 1.82) is 0 Å². The van der Waals surface area contributed by atoms with Crippen molar-refractivity contribution in [2.24, 2.45) is 0 Å². The molecule has 1 aliphatic rings. The number of hydrogen-bond donors (Lipinski definition) is 1. The van der Waals surface area contributed by atoms with Crippen molar-refractivity contribution < 1.29 is 0 Å². The fraction of sp³-hybridized carbons (Fsp3) is 0.750. The summed E-state index contributed by atoms with van der Waals surface area (Å²) < 4.78 is 1.25. The smallest absolute Gasteiger partial charge is 0.143 e. The second kappa shape index (κ2) is 7.57. The number of halogens is 1. The molecule has 1 fully saturated rings. The van der Waals surface area contributed by atoms with Gasteiger partial charge in [-0.1, -0.05) is 33.6 Å². The number of anilines is 1. The topological polar surface area (TPSA) is 37.8 Å². The van der Waals surface area contributed by atoms with Crippen LogP contribution in [0.25, 0.3) is 0 Å². The van der Waals surface area contributed by atoms with Gasteiger partial charge in [-0.15, -0.1) is 0 Å². The molecule has 3 nitrogen and oxygen atoms in total. The second-order valence-corrected chi connectivity index (χ2v) is 6.93. The van der Waals surface area contributed by atoms with Gasteiger partial charge in [-0.05, 0) is 48.3 Å². The molecule has 1 heterocycles. The van der Waals surface area contributed by atoms with Crippen molar-refractivity contribution in [3.8, 4) is 0 Å². The van der Waals surface area contributed by atoms with Crippen LogP contribution in [-0.2, 0) is 0 Å². The molecule has 1 atom stereocenters. The summed E-state index contributed by atoms with van der Waals surface area (Å²) in [6, 6.07) is 0. The van der Waals surface area contributed by atoms with E-state index in [1.807, 2.05) is 0 Å². The lowest BCUT2D eigenvalue weighted by molar-refractivity contribution is 0.636. The molecule has 1 N–H and O–H groups in total. The lowest BCUT2D eigenvalue weighted by atomic mass is 10.0. The van der Waals surface area contributed by atoms with E-state index in [2.05, 4.69) is 48.7 Å². The van der Waals surface area contributed by atoms with Gasteiger partial charge in [-0.3, -0.25) is 0 Å². The Bertz CT molecular complexity index is 442. The maximum Gasteiger partial charge on any atom is 0.143 e. The highest BCUT2D eigenvalue weighted by molar-refractivity contribution is 14.1. The third kappa shape index (κ3) is 3.62. The van der Waals surface area contributed by atoms with Gasteiger partial charge < -0.3 is 5.32 Å². The molecule has 112 valence electrons. The minimum Gasteiger partial charge on any atom is -0.369 e. The summed E-state index contributed by atoms with van der Waals surface area (Å²) >= 11 is 2.43. The van der Waals surface area contributed by atoms with E-state index in [-0.39, 0.29) is 0 Å². The van der Waals surface area contributed by atoms with E-state index in [4.69, 9.17) is 9.97 Å². The molecule has 4 heteroatoms. The Morgan fingerprint density at radius 1 is 1.25 bits per heavy atom. The van der Waals surface area contributed by atoms with E-state index in [1.54, 1.807) is 0 Å². The molecule has 1 aromatic rings. The Balaban J connectivity index is 2.36. The molecule has 0 amide bonds. The summed E-state index contributed by atoms with van der Waals surface area (Å²) in [6.07, 6.45) is 7.50. The monoisotopic (exact) mass is 387 g/mol. The third-order valence-electron chi connectivity index (χ3n) is 4.23. The summed E-state index contributed by atoms with van der Waals surface area (Å²) in [4.78, 5) is 9.72. The van der Waals surface area contributed by atoms with Crippen LogP contribution in [0.1, 0.15) is 82.7 Å². The molecule has 0 spiro atoms. The first-order valence-electron chi connectivity index (χ1n) is 7.98. The van der Waals surface area contributed by atoms with Gasteiger partial charge in [-0.2, -0.15) is 0 Å². The molecule has 0 radical (unpaired) electrons. The molecular formula is C16H26IN3. The molecule has 1 saturated carbocycles. The average Bonchev–Trinajstić information content (AvgIpc) is 2.99. The molecule has 0 aromatic carbocycles. The van der Waals surface area contributed by atoms with Crippen LogP contribution in [0.4, 0.5) is 5.82 Å². The minimum absolute atomic E-state index is 0.439. The van der Waals surface area contributed by atoms with Crippen LogP contribution in [0.2, 0.25) is 0 Å². The lowest BCUT2D eigenvalue weighted by Gasteiger charge is -2.18. The van der Waals surface area contributed by atoms with Crippen LogP contribution in [0, 0.1) is 3.57 Å². The van der Waals surface area contributed by atoms with Crippen LogP contribution in [0.3, 0.4) is 0 Å². The normalized spacial score (nSPS) is 17.4. The number of nitrogens with zero attached hydrogens (tertiary/aromatic N) is 2. The first-order chi connectivity index (χ1) is 9.67. The summed E-state index contributed by atoms with van der Waals surface area (Å²) in [5.41, 5.74) is 1.30. The maximum absolute atomic E-state index is 4.94. The zero-order chi connectivity index (χ0) is 14.5. The predicted octanol–water partition coefficient (Wildman–Crippen LogP) is 5.07. The van der Waals surface area contributed by atoms with Gasteiger partial charge >= 0.3 is 0 Å². The summed E-state index contributed by atoms with van der Waals surface area (Å²) in [7, 11) is 0. The molecule has 20 heavy (non-hydrogen) atoms. The highest BCUT2D eigenvalue weighted by atomic mass is 127. The molecule has 1 unspecified atom stereocenters. The van der Waals surface area contributed by atoms with E-state index in [0.717, 1.165) is 31.0 Å². The van der Waals surface area contributed by atoms with E-state index < -0.39 is 0 Å². The first kappa shape index (κ1) is 16.0. The number of nitrogens with one attached hydrogen (secondary N) is 1. The largest absolute Gasteiger partial charge is 0.369 e. The van der Waals surface area contributed by atoms with Crippen molar-refractivity contribution in [2.75, 3.05) is 11.9 Å². The van der Waals surface area contributed by atoms with Crippen molar-refractivity contribution in [3.63, 3.8) is 0 Å². The van der Waals surface area contributed by atoms with E-state index in [1.165, 1.54) is 34.9 Å². The second-order valence-electron chi connectivity index (χ2n) is 5.85. The molecule has 0 bridgehead atoms. The van der Waals surface area contributed by atoms with Crippen LogP contribution in [0.15, 0.2) is 0 Å². The highest BCUT2D eigenvalue weighted by Crippen LogP contribution is 2.37. The van der Waals surface area contributed by atoms with Crippen molar-refractivity contribution in [1.82, 2.24) is 9.97 Å². The van der Waals surface area contributed by atoms with Crippen molar-refractivity contribution in [2.45, 2.75) is 71.1 Å². The fourth-order valence-electron chi connectivity index (χ4n) is 2.72. The Morgan fingerprint density at radius 3 is 2.55 bits per heavy atom. The summed E-state index contributed by atoms with van der Waals surface area (Å²) in [5.74, 6) is 3.16. The zero-order valence-electron chi connectivity index (χ0n) is 12.9. The van der Waals surface area contributed by atoms with Gasteiger partial charge in [0.2, 0.25) is 0 Å². The Hall–Kier alpha value is -0.390. The lowest BCUT2D eigenvalue weighted by Crippen LogP contribution is -2.13. The minimum atomic E-state index is 0.439. The number of hydrogen-bond acceptors (Lipinski definition) is 3. The van der Waals surface area contributed by atoms with Gasteiger partial charge in [0.25, 0.3) is 0 Å². The van der Waals surface area contributed by atoms with Gasteiger partial charge in [0, 0.05) is 18.4 Å². The van der Waals surface area contributed by atoms with Gasteiger partial charge in [0.15, 0.2) is 0 Å². The first-order valence-corrected chi connectivity index (χ1v) is 9.06. The van der Waals surface area contributed by atoms with Crippen LogP contribution in [0.5, 0.6) is 0 Å². The van der Waals surface area contributed by atoms with Crippen LogP contribution >= 0.6 is 22.6 Å². The van der Waals surface area contributed by atoms with Gasteiger partial charge in [0.05, 0.1) is 9.26 Å². The maximum atomic E-state index is 4.94. The quantitative estimate of drug-likeness (QED) is 0.693. The van der Waals surface area contributed by atoms with E-state index >= 15 is 0 Å². The van der Waals surface area contributed by atoms with E-state index in [0.29, 0.717) is 11.8 Å². The molecule has 1 aliphatic carbocycles. The predicted molar refractivity (Wildman–Crippen MR) is 93.4 cm³/mol. The molecule has 0 aliphatic heterocycles. The third-order valence-corrected chi connectivity index (χ3v) is 5.30. The Kier molecular flexibility index (Phi) is 6.05. The summed E-state index contributed by atoms with van der Waals surface area (Å²) in [5, 5.41) is 3.49. The number of aromatic nitrogens is 2. The average molecular weight is 387 g/mol. The molecular weight excluding hydrogens is 361 g/mol. The Labute approximate surface area is 136 Å².